The van der Waals surface area contributed by atoms with Crippen molar-refractivity contribution in [3.63, 3.8) is 0 Å². The smallest absolute Gasteiger partial charge is 0.233 e. The largest absolute Gasteiger partial charge is 0.497 e. The van der Waals surface area contributed by atoms with E-state index >= 15 is 0 Å². The molecule has 1 N–H and O–H groups in total. The van der Waals surface area contributed by atoms with Crippen molar-refractivity contribution in [2.75, 3.05) is 12.4 Å². The van der Waals surface area contributed by atoms with E-state index in [1.807, 2.05) is 53.1 Å². The van der Waals surface area contributed by atoms with Crippen LogP contribution in [0, 0.1) is 0 Å². The Morgan fingerprint density at radius 1 is 1.06 bits per heavy atom. The molecule has 0 atom stereocenters. The molecule has 0 amide bonds. The van der Waals surface area contributed by atoms with Crippen LogP contribution in [0.25, 0.3) is 5.65 Å². The molecule has 3 rings (SSSR count). The molecule has 5 heteroatoms. The summed E-state index contributed by atoms with van der Waals surface area (Å²) in [4.78, 5) is 0. The van der Waals surface area contributed by atoms with Crippen LogP contribution in [0.2, 0.25) is 0 Å². The summed E-state index contributed by atoms with van der Waals surface area (Å²) in [6.45, 7) is 0. The quantitative estimate of drug-likeness (QED) is 0.764. The maximum Gasteiger partial charge on any atom is 0.233 e. The molecule has 2 heterocycles. The molecule has 0 aliphatic heterocycles. The normalized spacial score (nSPS) is 10.5. The van der Waals surface area contributed by atoms with Gasteiger partial charge < -0.3 is 10.1 Å². The zero-order valence-corrected chi connectivity index (χ0v) is 9.87. The summed E-state index contributed by atoms with van der Waals surface area (Å²) in [7, 11) is 1.65. The highest BCUT2D eigenvalue weighted by molar-refractivity contribution is 5.57. The molecule has 18 heavy (non-hydrogen) atoms. The molecule has 0 aliphatic carbocycles. The lowest BCUT2D eigenvalue weighted by atomic mass is 10.3. The Balaban J connectivity index is 1.91. The van der Waals surface area contributed by atoms with Gasteiger partial charge in [0.25, 0.3) is 0 Å². The van der Waals surface area contributed by atoms with Gasteiger partial charge in [0.05, 0.1) is 7.11 Å². The number of anilines is 2. The summed E-state index contributed by atoms with van der Waals surface area (Å²) in [5, 5.41) is 11.4. The number of nitrogens with one attached hydrogen (secondary N) is 1. The molecule has 0 unspecified atom stereocenters. The van der Waals surface area contributed by atoms with Crippen LogP contribution in [-0.4, -0.2) is 21.7 Å². The van der Waals surface area contributed by atoms with Gasteiger partial charge in [-0.25, -0.2) is 0 Å². The van der Waals surface area contributed by atoms with Crippen molar-refractivity contribution in [2.24, 2.45) is 0 Å². The molecule has 2 aromatic heterocycles. The van der Waals surface area contributed by atoms with E-state index in [0.29, 0.717) is 5.95 Å². The number of hydrogen-bond donors (Lipinski definition) is 1. The zero-order chi connectivity index (χ0) is 12.4. The van der Waals surface area contributed by atoms with Crippen molar-refractivity contribution in [3.8, 4) is 5.75 Å². The van der Waals surface area contributed by atoms with E-state index in [2.05, 4.69) is 15.5 Å². The van der Waals surface area contributed by atoms with Gasteiger partial charge in [-0.15, -0.1) is 10.2 Å². The van der Waals surface area contributed by atoms with Gasteiger partial charge in [-0.2, -0.15) is 0 Å². The standard InChI is InChI=1S/C13H12N4O/c1-18-11-7-5-10(6-8-11)14-13-16-15-12-4-2-3-9-17(12)13/h2-9H,1H3,(H,14,16). The lowest BCUT2D eigenvalue weighted by Gasteiger charge is -2.05. The van der Waals surface area contributed by atoms with Crippen molar-refractivity contribution in [1.82, 2.24) is 14.6 Å². The van der Waals surface area contributed by atoms with Crippen molar-refractivity contribution < 1.29 is 4.74 Å². The van der Waals surface area contributed by atoms with Gasteiger partial charge in [-0.05, 0) is 36.4 Å². The highest BCUT2D eigenvalue weighted by Crippen LogP contribution is 2.19. The molecule has 0 fully saturated rings. The number of rotatable bonds is 3. The van der Waals surface area contributed by atoms with Crippen LogP contribution in [0.4, 0.5) is 11.6 Å². The van der Waals surface area contributed by atoms with Crippen LogP contribution in [0.1, 0.15) is 0 Å². The van der Waals surface area contributed by atoms with Gasteiger partial charge in [0.1, 0.15) is 5.75 Å². The van der Waals surface area contributed by atoms with Crippen LogP contribution in [0.5, 0.6) is 5.75 Å². The second kappa shape index (κ2) is 4.37. The summed E-state index contributed by atoms with van der Waals surface area (Å²) in [5.74, 6) is 1.52. The van der Waals surface area contributed by atoms with E-state index < -0.39 is 0 Å². The van der Waals surface area contributed by atoms with Crippen LogP contribution in [-0.2, 0) is 0 Å². The van der Waals surface area contributed by atoms with Gasteiger partial charge in [0, 0.05) is 11.9 Å². The minimum Gasteiger partial charge on any atom is -0.497 e. The SMILES string of the molecule is COc1ccc(Nc2nnc3ccccn23)cc1. The number of hydrogen-bond acceptors (Lipinski definition) is 4. The van der Waals surface area contributed by atoms with E-state index in [-0.39, 0.29) is 0 Å². The van der Waals surface area contributed by atoms with Crippen molar-refractivity contribution in [1.29, 1.82) is 0 Å². The Labute approximate surface area is 104 Å². The monoisotopic (exact) mass is 240 g/mol. The maximum absolute atomic E-state index is 5.11. The number of aromatic nitrogens is 3. The number of ether oxygens (including phenoxy) is 1. The number of methoxy groups -OCH3 is 1. The van der Waals surface area contributed by atoms with Gasteiger partial charge in [-0.1, -0.05) is 6.07 Å². The van der Waals surface area contributed by atoms with Crippen LogP contribution in [0.15, 0.2) is 48.7 Å². The summed E-state index contributed by atoms with van der Waals surface area (Å²) >= 11 is 0. The highest BCUT2D eigenvalue weighted by Gasteiger charge is 2.04. The molecule has 0 saturated heterocycles. The average Bonchev–Trinajstić information content (AvgIpc) is 2.83. The predicted octanol–water partition coefficient (Wildman–Crippen LogP) is 2.48. The molecule has 0 radical (unpaired) electrons. The Hall–Kier alpha value is -2.56. The van der Waals surface area contributed by atoms with Gasteiger partial charge in [0.2, 0.25) is 5.95 Å². The Morgan fingerprint density at radius 3 is 2.67 bits per heavy atom. The fraction of sp³-hybridized carbons (Fsp3) is 0.0769. The molecule has 3 aromatic rings. The second-order valence-corrected chi connectivity index (χ2v) is 3.81. The van der Waals surface area contributed by atoms with Crippen LogP contribution in [0.3, 0.4) is 0 Å². The zero-order valence-electron chi connectivity index (χ0n) is 9.87. The molecule has 0 aliphatic rings. The first-order valence-corrected chi connectivity index (χ1v) is 5.58. The summed E-state index contributed by atoms with van der Waals surface area (Å²) < 4.78 is 7.01. The first-order chi connectivity index (χ1) is 8.86. The van der Waals surface area contributed by atoms with E-state index in [9.17, 15) is 0 Å². The van der Waals surface area contributed by atoms with Crippen LogP contribution < -0.4 is 10.1 Å². The number of fused-ring (bicyclic) bond motifs is 1. The summed E-state index contributed by atoms with van der Waals surface area (Å²) in [6.07, 6.45) is 1.92. The lowest BCUT2D eigenvalue weighted by molar-refractivity contribution is 0.415. The number of pyridine rings is 1. The summed E-state index contributed by atoms with van der Waals surface area (Å²) in [6, 6.07) is 13.4. The molecule has 1 aromatic carbocycles. The third kappa shape index (κ3) is 1.86. The van der Waals surface area contributed by atoms with Crippen molar-refractivity contribution in [3.05, 3.63) is 48.7 Å². The first kappa shape index (κ1) is 10.6. The molecular weight excluding hydrogens is 228 g/mol. The third-order valence-electron chi connectivity index (χ3n) is 2.66. The minimum absolute atomic E-state index is 0.691. The maximum atomic E-state index is 5.11. The molecule has 0 spiro atoms. The Bertz CT molecular complexity index is 660. The number of benzene rings is 1. The van der Waals surface area contributed by atoms with Crippen molar-refractivity contribution >= 4 is 17.3 Å². The minimum atomic E-state index is 0.691. The van der Waals surface area contributed by atoms with Crippen LogP contribution >= 0.6 is 0 Å². The van der Waals surface area contributed by atoms with Gasteiger partial charge in [0.15, 0.2) is 5.65 Å². The first-order valence-electron chi connectivity index (χ1n) is 5.58. The van der Waals surface area contributed by atoms with E-state index in [0.717, 1.165) is 17.1 Å². The predicted molar refractivity (Wildman–Crippen MR) is 69.3 cm³/mol. The molecule has 90 valence electrons. The van der Waals surface area contributed by atoms with E-state index in [4.69, 9.17) is 4.74 Å². The highest BCUT2D eigenvalue weighted by atomic mass is 16.5. The Kier molecular flexibility index (Phi) is 2.57. The molecule has 0 saturated carbocycles. The fourth-order valence-corrected chi connectivity index (χ4v) is 1.73. The third-order valence-corrected chi connectivity index (χ3v) is 2.66. The van der Waals surface area contributed by atoms with Gasteiger partial charge in [-0.3, -0.25) is 4.40 Å². The average molecular weight is 240 g/mol. The lowest BCUT2D eigenvalue weighted by Crippen LogP contribution is -1.96. The molecule has 0 bridgehead atoms. The van der Waals surface area contributed by atoms with E-state index in [1.54, 1.807) is 7.11 Å². The summed E-state index contributed by atoms with van der Waals surface area (Å²) in [5.41, 5.74) is 1.75. The number of nitrogens with zero attached hydrogens (tertiary/aromatic N) is 3. The van der Waals surface area contributed by atoms with Gasteiger partial charge >= 0.3 is 0 Å². The fourth-order valence-electron chi connectivity index (χ4n) is 1.73. The van der Waals surface area contributed by atoms with E-state index in [1.165, 1.54) is 0 Å². The topological polar surface area (TPSA) is 51.5 Å². The molecular formula is C13H12N4O. The van der Waals surface area contributed by atoms with Crippen molar-refractivity contribution in [2.45, 2.75) is 0 Å². The second-order valence-electron chi connectivity index (χ2n) is 3.81. The molecule has 5 nitrogen and oxygen atoms in total. The Morgan fingerprint density at radius 2 is 1.89 bits per heavy atom.